The monoisotopic (exact) mass is 603 g/mol. The van der Waals surface area contributed by atoms with Crippen LogP contribution in [0.2, 0.25) is 0 Å². The van der Waals surface area contributed by atoms with Crippen LogP contribution in [0.15, 0.2) is 93.7 Å². The van der Waals surface area contributed by atoms with Gasteiger partial charge in [-0.3, -0.25) is 14.4 Å². The summed E-state index contributed by atoms with van der Waals surface area (Å²) in [7, 11) is 0. The van der Waals surface area contributed by atoms with Gasteiger partial charge in [0.05, 0.1) is 16.0 Å². The third-order valence-electron chi connectivity index (χ3n) is 7.49. The SMILES string of the molecule is O=C(Nc1coc2ccccc2c1=O)c1csc(C2CCN(C(=O)c3ccccc3-c3ccc(C(F)(F)F)cc3)CC2)n1. The molecule has 0 unspecified atom stereocenters. The number of anilines is 1. The third kappa shape index (κ3) is 5.80. The molecule has 7 nitrogen and oxygen atoms in total. The highest BCUT2D eigenvalue weighted by molar-refractivity contribution is 7.10. The lowest BCUT2D eigenvalue weighted by Crippen LogP contribution is -2.38. The zero-order chi connectivity index (χ0) is 30.1. The lowest BCUT2D eigenvalue weighted by Gasteiger charge is -2.31. The van der Waals surface area contributed by atoms with Crippen molar-refractivity contribution < 1.29 is 27.2 Å². The molecule has 2 amide bonds. The second-order valence-corrected chi connectivity index (χ2v) is 11.1. The van der Waals surface area contributed by atoms with Crippen LogP contribution in [0, 0.1) is 0 Å². The molecule has 0 radical (unpaired) electrons. The van der Waals surface area contributed by atoms with Gasteiger partial charge in [0, 0.05) is 30.0 Å². The molecular formula is C32H24F3N3O4S. The minimum Gasteiger partial charge on any atom is -0.462 e. The Labute approximate surface area is 247 Å². The van der Waals surface area contributed by atoms with Gasteiger partial charge in [-0.15, -0.1) is 11.3 Å². The molecule has 2 aromatic heterocycles. The van der Waals surface area contributed by atoms with Crippen molar-refractivity contribution in [3.63, 3.8) is 0 Å². The molecule has 1 saturated heterocycles. The van der Waals surface area contributed by atoms with Gasteiger partial charge < -0.3 is 14.6 Å². The predicted molar refractivity (Wildman–Crippen MR) is 157 cm³/mol. The molecule has 0 bridgehead atoms. The fraction of sp³-hybridized carbons (Fsp3) is 0.188. The molecule has 0 aliphatic carbocycles. The fourth-order valence-corrected chi connectivity index (χ4v) is 6.16. The Balaban J connectivity index is 1.11. The van der Waals surface area contributed by atoms with Gasteiger partial charge in [0.25, 0.3) is 11.8 Å². The molecule has 0 spiro atoms. The molecule has 5 aromatic rings. The summed E-state index contributed by atoms with van der Waals surface area (Å²) >= 11 is 1.35. The van der Waals surface area contributed by atoms with Crippen molar-refractivity contribution in [2.45, 2.75) is 24.9 Å². The third-order valence-corrected chi connectivity index (χ3v) is 8.50. The topological polar surface area (TPSA) is 92.5 Å². The number of aromatic nitrogens is 1. The zero-order valence-corrected chi connectivity index (χ0v) is 23.4. The Morgan fingerprint density at radius 3 is 2.40 bits per heavy atom. The molecule has 43 heavy (non-hydrogen) atoms. The number of amides is 2. The van der Waals surface area contributed by atoms with E-state index in [0.717, 1.165) is 17.1 Å². The summed E-state index contributed by atoms with van der Waals surface area (Å²) in [5.74, 6) is -0.661. The summed E-state index contributed by atoms with van der Waals surface area (Å²) in [6.07, 6.45) is -1.94. The predicted octanol–water partition coefficient (Wildman–Crippen LogP) is 7.21. The van der Waals surface area contributed by atoms with Crippen molar-refractivity contribution in [3.05, 3.63) is 116 Å². The van der Waals surface area contributed by atoms with Gasteiger partial charge in [0.2, 0.25) is 5.43 Å². The van der Waals surface area contributed by atoms with E-state index in [9.17, 15) is 27.6 Å². The number of para-hydroxylation sites is 1. The van der Waals surface area contributed by atoms with Crippen LogP contribution in [0.5, 0.6) is 0 Å². The molecule has 6 rings (SSSR count). The number of rotatable bonds is 5. The second kappa shape index (κ2) is 11.5. The summed E-state index contributed by atoms with van der Waals surface area (Å²) in [4.78, 5) is 45.3. The van der Waals surface area contributed by atoms with Crippen molar-refractivity contribution in [3.8, 4) is 11.1 Å². The first-order chi connectivity index (χ1) is 20.7. The molecule has 3 aromatic carbocycles. The van der Waals surface area contributed by atoms with Crippen molar-refractivity contribution in [2.75, 3.05) is 18.4 Å². The quantitative estimate of drug-likeness (QED) is 0.229. The van der Waals surface area contributed by atoms with E-state index in [2.05, 4.69) is 10.3 Å². The number of benzene rings is 3. The summed E-state index contributed by atoms with van der Waals surface area (Å²) in [6, 6.07) is 18.5. The number of nitrogens with one attached hydrogen (secondary N) is 1. The number of carbonyl (C=O) groups is 2. The maximum Gasteiger partial charge on any atom is 0.416 e. The van der Waals surface area contributed by atoms with Crippen LogP contribution in [-0.4, -0.2) is 34.8 Å². The van der Waals surface area contributed by atoms with E-state index in [0.29, 0.717) is 53.6 Å². The zero-order valence-electron chi connectivity index (χ0n) is 22.6. The van der Waals surface area contributed by atoms with Crippen LogP contribution < -0.4 is 10.7 Å². The van der Waals surface area contributed by atoms with Gasteiger partial charge in [0.1, 0.15) is 23.2 Å². The number of likely N-dealkylation sites (tertiary alicyclic amines) is 1. The van der Waals surface area contributed by atoms with Crippen LogP contribution in [0.25, 0.3) is 22.1 Å². The van der Waals surface area contributed by atoms with Crippen molar-refractivity contribution in [2.24, 2.45) is 0 Å². The number of fused-ring (bicyclic) bond motifs is 1. The highest BCUT2D eigenvalue weighted by Crippen LogP contribution is 2.34. The Morgan fingerprint density at radius 2 is 1.65 bits per heavy atom. The summed E-state index contributed by atoms with van der Waals surface area (Å²) < 4.78 is 44.5. The molecular weight excluding hydrogens is 579 g/mol. The normalized spacial score (nSPS) is 14.2. The van der Waals surface area contributed by atoms with E-state index in [1.54, 1.807) is 58.8 Å². The van der Waals surface area contributed by atoms with Crippen LogP contribution >= 0.6 is 11.3 Å². The van der Waals surface area contributed by atoms with Gasteiger partial charge in [-0.2, -0.15) is 13.2 Å². The highest BCUT2D eigenvalue weighted by Gasteiger charge is 2.31. The van der Waals surface area contributed by atoms with E-state index in [4.69, 9.17) is 4.42 Å². The van der Waals surface area contributed by atoms with E-state index < -0.39 is 17.6 Å². The number of alkyl halides is 3. The lowest BCUT2D eigenvalue weighted by atomic mass is 9.94. The van der Waals surface area contributed by atoms with Gasteiger partial charge in [-0.1, -0.05) is 42.5 Å². The molecule has 11 heteroatoms. The van der Waals surface area contributed by atoms with Gasteiger partial charge in [-0.05, 0) is 54.3 Å². The lowest BCUT2D eigenvalue weighted by molar-refractivity contribution is -0.137. The molecule has 1 fully saturated rings. The summed E-state index contributed by atoms with van der Waals surface area (Å²) in [5, 5.41) is 5.37. The Morgan fingerprint density at radius 1 is 0.953 bits per heavy atom. The number of piperidine rings is 1. The molecule has 1 aliphatic rings. The van der Waals surface area contributed by atoms with Crippen LogP contribution in [0.4, 0.5) is 18.9 Å². The van der Waals surface area contributed by atoms with Crippen molar-refractivity contribution in [1.82, 2.24) is 9.88 Å². The molecule has 3 heterocycles. The van der Waals surface area contributed by atoms with E-state index in [-0.39, 0.29) is 28.6 Å². The number of hydrogen-bond donors (Lipinski definition) is 1. The molecule has 0 atom stereocenters. The Kier molecular flexibility index (Phi) is 7.57. The second-order valence-electron chi connectivity index (χ2n) is 10.2. The highest BCUT2D eigenvalue weighted by atomic mass is 32.1. The first kappa shape index (κ1) is 28.4. The smallest absolute Gasteiger partial charge is 0.416 e. The molecule has 1 N–H and O–H groups in total. The number of carbonyl (C=O) groups excluding carboxylic acids is 2. The maximum atomic E-state index is 13.5. The number of thiazole rings is 1. The average molecular weight is 604 g/mol. The van der Waals surface area contributed by atoms with Gasteiger partial charge in [0.15, 0.2) is 0 Å². The average Bonchev–Trinajstić information content (AvgIpc) is 3.53. The fourth-order valence-electron chi connectivity index (χ4n) is 5.19. The molecule has 1 aliphatic heterocycles. The standard InChI is InChI=1S/C32H24F3N3O4S/c33-32(34,35)21-11-9-19(10-12-21)22-5-1-2-6-23(22)31(41)38-15-13-20(14-16-38)30-37-26(18-43-30)29(40)36-25-17-42-27-8-4-3-7-24(27)28(25)39/h1-12,17-18,20H,13-16H2,(H,36,40). The molecule has 0 saturated carbocycles. The van der Waals surface area contributed by atoms with Crippen LogP contribution in [0.3, 0.4) is 0 Å². The van der Waals surface area contributed by atoms with Crippen LogP contribution in [0.1, 0.15) is 50.2 Å². The van der Waals surface area contributed by atoms with Crippen molar-refractivity contribution >= 4 is 39.8 Å². The number of halogens is 3. The summed E-state index contributed by atoms with van der Waals surface area (Å²) in [5.41, 5.74) is 1.08. The first-order valence-corrected chi connectivity index (χ1v) is 14.4. The van der Waals surface area contributed by atoms with Crippen molar-refractivity contribution in [1.29, 1.82) is 0 Å². The number of nitrogens with zero attached hydrogens (tertiary/aromatic N) is 2. The Hall–Kier alpha value is -4.77. The minimum atomic E-state index is -4.44. The van der Waals surface area contributed by atoms with Gasteiger partial charge in [-0.25, -0.2) is 4.98 Å². The molecule has 218 valence electrons. The first-order valence-electron chi connectivity index (χ1n) is 13.5. The van der Waals surface area contributed by atoms with E-state index >= 15 is 0 Å². The summed E-state index contributed by atoms with van der Waals surface area (Å²) in [6.45, 7) is 0.925. The van der Waals surface area contributed by atoms with E-state index in [1.807, 2.05) is 0 Å². The minimum absolute atomic E-state index is 0.0293. The van der Waals surface area contributed by atoms with Gasteiger partial charge >= 0.3 is 6.18 Å². The largest absolute Gasteiger partial charge is 0.462 e. The number of hydrogen-bond acceptors (Lipinski definition) is 6. The van der Waals surface area contributed by atoms with E-state index in [1.165, 1.54) is 29.7 Å². The Bertz CT molecular complexity index is 1870. The van der Waals surface area contributed by atoms with Crippen LogP contribution in [-0.2, 0) is 6.18 Å². The maximum absolute atomic E-state index is 13.5.